The highest BCUT2D eigenvalue weighted by Crippen LogP contribution is 2.40. The summed E-state index contributed by atoms with van der Waals surface area (Å²) in [6.45, 7) is 1.83. The lowest BCUT2D eigenvalue weighted by atomic mass is 10.0. The fraction of sp³-hybridized carbons (Fsp3) is 0.412. The van der Waals surface area contributed by atoms with Crippen molar-refractivity contribution in [2.45, 2.75) is 29.5 Å². The van der Waals surface area contributed by atoms with Crippen LogP contribution >= 0.6 is 11.3 Å². The summed E-state index contributed by atoms with van der Waals surface area (Å²) in [5.41, 5.74) is 0.969. The van der Waals surface area contributed by atoms with Crippen molar-refractivity contribution in [2.75, 3.05) is 19.8 Å². The Labute approximate surface area is 145 Å². The highest BCUT2D eigenvalue weighted by molar-refractivity contribution is 7.91. The van der Waals surface area contributed by atoms with E-state index in [1.54, 1.807) is 21.8 Å². The number of rotatable bonds is 3. The highest BCUT2D eigenvalue weighted by atomic mass is 32.2. The molecule has 128 valence electrons. The molecule has 24 heavy (non-hydrogen) atoms. The van der Waals surface area contributed by atoms with Crippen LogP contribution in [-0.2, 0) is 10.0 Å². The van der Waals surface area contributed by atoms with Crippen LogP contribution in [0.4, 0.5) is 0 Å². The van der Waals surface area contributed by atoms with E-state index in [-0.39, 0.29) is 6.04 Å². The molecule has 1 aromatic carbocycles. The molecule has 0 N–H and O–H groups in total. The van der Waals surface area contributed by atoms with E-state index in [2.05, 4.69) is 0 Å². The summed E-state index contributed by atoms with van der Waals surface area (Å²) in [4.78, 5) is 0. The van der Waals surface area contributed by atoms with Gasteiger partial charge in [0.1, 0.15) is 4.21 Å². The van der Waals surface area contributed by atoms with Gasteiger partial charge in [-0.25, -0.2) is 8.42 Å². The first-order chi connectivity index (χ1) is 11.7. The predicted octanol–water partition coefficient (Wildman–Crippen LogP) is 3.44. The summed E-state index contributed by atoms with van der Waals surface area (Å²) >= 11 is 1.27. The van der Waals surface area contributed by atoms with Crippen LogP contribution in [0.1, 0.15) is 30.9 Å². The van der Waals surface area contributed by atoms with Crippen molar-refractivity contribution in [3.05, 3.63) is 41.3 Å². The van der Waals surface area contributed by atoms with E-state index in [4.69, 9.17) is 9.47 Å². The highest BCUT2D eigenvalue weighted by Gasteiger charge is 2.37. The number of ether oxygens (including phenoxy) is 2. The third-order valence-electron chi connectivity index (χ3n) is 4.42. The zero-order valence-electron chi connectivity index (χ0n) is 13.2. The smallest absolute Gasteiger partial charge is 0.253 e. The lowest BCUT2D eigenvalue weighted by Crippen LogP contribution is -2.30. The Bertz CT molecular complexity index is 817. The normalized spacial score (nSPS) is 21.6. The quantitative estimate of drug-likeness (QED) is 0.836. The van der Waals surface area contributed by atoms with Gasteiger partial charge < -0.3 is 9.47 Å². The molecule has 1 fully saturated rings. The predicted molar refractivity (Wildman–Crippen MR) is 92.2 cm³/mol. The number of nitrogens with zero attached hydrogens (tertiary/aromatic N) is 1. The van der Waals surface area contributed by atoms with Crippen molar-refractivity contribution in [2.24, 2.45) is 0 Å². The molecule has 0 radical (unpaired) electrons. The Kier molecular flexibility index (Phi) is 4.24. The summed E-state index contributed by atoms with van der Waals surface area (Å²) in [5.74, 6) is 1.45. The molecule has 2 aliphatic heterocycles. The van der Waals surface area contributed by atoms with Crippen LogP contribution in [0, 0.1) is 0 Å². The SMILES string of the molecule is O=S(=O)(c1cccs1)N1CCCC1c1ccc2c(c1)OCCCO2. The molecule has 0 spiro atoms. The van der Waals surface area contributed by atoms with Crippen molar-refractivity contribution >= 4 is 21.4 Å². The molecule has 0 bridgehead atoms. The largest absolute Gasteiger partial charge is 0.490 e. The van der Waals surface area contributed by atoms with Gasteiger partial charge in [-0.1, -0.05) is 12.1 Å². The molecule has 4 rings (SSSR count). The van der Waals surface area contributed by atoms with Gasteiger partial charge in [0.05, 0.1) is 19.3 Å². The minimum absolute atomic E-state index is 0.144. The van der Waals surface area contributed by atoms with Crippen LogP contribution in [0.15, 0.2) is 39.9 Å². The average Bonchev–Trinajstić information content (AvgIpc) is 3.23. The molecule has 1 saturated heterocycles. The maximum Gasteiger partial charge on any atom is 0.253 e. The number of sulfonamides is 1. The van der Waals surface area contributed by atoms with E-state index in [1.807, 2.05) is 18.2 Å². The molecule has 0 saturated carbocycles. The number of thiophene rings is 1. The summed E-state index contributed by atoms with van der Waals surface area (Å²) in [5, 5.41) is 1.80. The first-order valence-electron chi connectivity index (χ1n) is 8.11. The molecule has 1 unspecified atom stereocenters. The average molecular weight is 365 g/mol. The van der Waals surface area contributed by atoms with Gasteiger partial charge in [0, 0.05) is 13.0 Å². The Hall–Kier alpha value is -1.57. The first-order valence-corrected chi connectivity index (χ1v) is 10.4. The molecular formula is C17H19NO4S2. The minimum atomic E-state index is -3.44. The van der Waals surface area contributed by atoms with Gasteiger partial charge in [-0.2, -0.15) is 4.31 Å². The van der Waals surface area contributed by atoms with Crippen molar-refractivity contribution in [1.82, 2.24) is 4.31 Å². The second-order valence-corrected chi connectivity index (χ2v) is 9.03. The van der Waals surface area contributed by atoms with Gasteiger partial charge >= 0.3 is 0 Å². The van der Waals surface area contributed by atoms with E-state index in [1.165, 1.54) is 11.3 Å². The molecule has 2 aliphatic rings. The Morgan fingerprint density at radius 3 is 2.71 bits per heavy atom. The summed E-state index contributed by atoms with van der Waals surface area (Å²) < 4.78 is 39.3. The van der Waals surface area contributed by atoms with Crippen molar-refractivity contribution in [1.29, 1.82) is 0 Å². The van der Waals surface area contributed by atoms with E-state index >= 15 is 0 Å². The van der Waals surface area contributed by atoms with Crippen LogP contribution in [0.5, 0.6) is 11.5 Å². The molecule has 3 heterocycles. The molecule has 0 amide bonds. The lowest BCUT2D eigenvalue weighted by Gasteiger charge is -2.24. The molecule has 5 nitrogen and oxygen atoms in total. The second kappa shape index (κ2) is 6.38. The lowest BCUT2D eigenvalue weighted by molar-refractivity contribution is 0.296. The van der Waals surface area contributed by atoms with Gasteiger partial charge in [0.2, 0.25) is 0 Å². The Morgan fingerprint density at radius 2 is 1.92 bits per heavy atom. The molecular weight excluding hydrogens is 346 g/mol. The summed E-state index contributed by atoms with van der Waals surface area (Å²) in [7, 11) is -3.44. The zero-order valence-corrected chi connectivity index (χ0v) is 14.8. The van der Waals surface area contributed by atoms with E-state index in [0.717, 1.165) is 30.6 Å². The number of fused-ring (bicyclic) bond motifs is 1. The molecule has 2 aromatic rings. The first kappa shape index (κ1) is 15.9. The van der Waals surface area contributed by atoms with Crippen LogP contribution < -0.4 is 9.47 Å². The maximum atomic E-state index is 12.9. The second-order valence-electron chi connectivity index (χ2n) is 5.96. The fourth-order valence-corrected chi connectivity index (χ4v) is 6.08. The number of benzene rings is 1. The molecule has 7 heteroatoms. The van der Waals surface area contributed by atoms with Gasteiger partial charge in [0.15, 0.2) is 11.5 Å². The van der Waals surface area contributed by atoms with E-state index in [9.17, 15) is 8.42 Å². The summed E-state index contributed by atoms with van der Waals surface area (Å²) in [6, 6.07) is 9.09. The van der Waals surface area contributed by atoms with Crippen LogP contribution in [0.2, 0.25) is 0 Å². The maximum absolute atomic E-state index is 12.9. The molecule has 1 atom stereocenters. The van der Waals surface area contributed by atoms with Crippen molar-refractivity contribution in [3.8, 4) is 11.5 Å². The van der Waals surface area contributed by atoms with Crippen LogP contribution in [0.3, 0.4) is 0 Å². The third-order valence-corrected chi connectivity index (χ3v) is 7.70. The van der Waals surface area contributed by atoms with E-state index < -0.39 is 10.0 Å². The monoisotopic (exact) mass is 365 g/mol. The Balaban J connectivity index is 1.67. The van der Waals surface area contributed by atoms with Crippen LogP contribution in [-0.4, -0.2) is 32.5 Å². The topological polar surface area (TPSA) is 55.8 Å². The Morgan fingerprint density at radius 1 is 1.08 bits per heavy atom. The molecule has 1 aromatic heterocycles. The van der Waals surface area contributed by atoms with Gasteiger partial charge in [0.25, 0.3) is 10.0 Å². The standard InChI is InChI=1S/C17H19NO4S2/c19-24(20,17-5-2-11-23-17)18-8-1-4-14(18)13-6-7-15-16(12-13)22-10-3-9-21-15/h2,5-7,11-12,14H,1,3-4,8-10H2. The van der Waals surface area contributed by atoms with E-state index in [0.29, 0.717) is 29.7 Å². The number of hydrogen-bond donors (Lipinski definition) is 0. The molecule has 0 aliphatic carbocycles. The number of hydrogen-bond acceptors (Lipinski definition) is 5. The fourth-order valence-electron chi connectivity index (χ4n) is 3.27. The zero-order chi connectivity index (χ0) is 16.6. The third kappa shape index (κ3) is 2.81. The summed E-state index contributed by atoms with van der Waals surface area (Å²) in [6.07, 6.45) is 2.54. The van der Waals surface area contributed by atoms with Crippen molar-refractivity contribution in [3.63, 3.8) is 0 Å². The van der Waals surface area contributed by atoms with Gasteiger partial charge in [-0.3, -0.25) is 0 Å². The van der Waals surface area contributed by atoms with Gasteiger partial charge in [-0.15, -0.1) is 11.3 Å². The van der Waals surface area contributed by atoms with Crippen LogP contribution in [0.25, 0.3) is 0 Å². The van der Waals surface area contributed by atoms with Crippen molar-refractivity contribution < 1.29 is 17.9 Å². The minimum Gasteiger partial charge on any atom is -0.490 e. The van der Waals surface area contributed by atoms with Gasteiger partial charge in [-0.05, 0) is 42.0 Å².